The molecule has 0 saturated heterocycles. The van der Waals surface area contributed by atoms with Crippen molar-refractivity contribution in [2.24, 2.45) is 5.73 Å². The van der Waals surface area contributed by atoms with Crippen LogP contribution in [0.5, 0.6) is 0 Å². The van der Waals surface area contributed by atoms with Gasteiger partial charge in [0.25, 0.3) is 0 Å². The summed E-state index contributed by atoms with van der Waals surface area (Å²) in [6, 6.07) is -2.74. The SMILES string of the molecule is CCN(CC(C)(C)O)C(C(C)N)C(F)(F)F. The van der Waals surface area contributed by atoms with Crippen LogP contribution in [0.15, 0.2) is 0 Å². The maximum Gasteiger partial charge on any atom is 0.405 e. The number of likely N-dealkylation sites (N-methyl/N-ethyl adjacent to an activating group) is 1. The molecule has 2 unspecified atom stereocenters. The molecule has 0 spiro atoms. The van der Waals surface area contributed by atoms with E-state index in [9.17, 15) is 18.3 Å². The molecule has 0 aromatic rings. The van der Waals surface area contributed by atoms with Gasteiger partial charge in [-0.1, -0.05) is 6.92 Å². The number of hydrogen-bond acceptors (Lipinski definition) is 3. The number of aliphatic hydroxyl groups is 1. The summed E-state index contributed by atoms with van der Waals surface area (Å²) in [5, 5.41) is 9.57. The van der Waals surface area contributed by atoms with Crippen LogP contribution < -0.4 is 5.73 Å². The van der Waals surface area contributed by atoms with Crippen molar-refractivity contribution in [1.29, 1.82) is 0 Å². The van der Waals surface area contributed by atoms with Gasteiger partial charge in [0.1, 0.15) is 6.04 Å². The smallest absolute Gasteiger partial charge is 0.389 e. The first-order valence-corrected chi connectivity index (χ1v) is 5.27. The average molecular weight is 242 g/mol. The second kappa shape index (κ2) is 5.33. The van der Waals surface area contributed by atoms with E-state index in [1.54, 1.807) is 6.92 Å². The second-order valence-electron chi connectivity index (χ2n) is 4.72. The highest BCUT2D eigenvalue weighted by Gasteiger charge is 2.46. The van der Waals surface area contributed by atoms with Crippen molar-refractivity contribution >= 4 is 0 Å². The van der Waals surface area contributed by atoms with Crippen molar-refractivity contribution in [2.45, 2.75) is 51.6 Å². The Morgan fingerprint density at radius 2 is 1.75 bits per heavy atom. The number of alkyl halides is 3. The first kappa shape index (κ1) is 15.7. The molecule has 3 N–H and O–H groups in total. The minimum Gasteiger partial charge on any atom is -0.389 e. The normalized spacial score (nSPS) is 17.6. The van der Waals surface area contributed by atoms with Crippen LogP contribution in [0.3, 0.4) is 0 Å². The zero-order valence-electron chi connectivity index (χ0n) is 10.2. The molecule has 3 nitrogen and oxygen atoms in total. The van der Waals surface area contributed by atoms with Crippen LogP contribution in [0.1, 0.15) is 27.7 Å². The zero-order valence-corrected chi connectivity index (χ0v) is 10.2. The molecular weight excluding hydrogens is 221 g/mol. The van der Waals surface area contributed by atoms with E-state index in [0.29, 0.717) is 0 Å². The largest absolute Gasteiger partial charge is 0.405 e. The molecule has 0 aromatic heterocycles. The lowest BCUT2D eigenvalue weighted by atomic mass is 10.0. The van der Waals surface area contributed by atoms with Gasteiger partial charge in [-0.3, -0.25) is 4.90 Å². The first-order chi connectivity index (χ1) is 6.99. The summed E-state index contributed by atoms with van der Waals surface area (Å²) < 4.78 is 38.3. The van der Waals surface area contributed by atoms with Gasteiger partial charge in [0.2, 0.25) is 0 Å². The molecule has 0 fully saturated rings. The Morgan fingerprint density at radius 1 is 1.31 bits per heavy atom. The zero-order chi connectivity index (χ0) is 13.1. The molecule has 0 rings (SSSR count). The minimum atomic E-state index is -4.38. The van der Waals surface area contributed by atoms with E-state index in [-0.39, 0.29) is 13.1 Å². The molecule has 0 heterocycles. The molecule has 98 valence electrons. The fraction of sp³-hybridized carbons (Fsp3) is 1.00. The maximum atomic E-state index is 12.8. The number of nitrogens with zero attached hydrogens (tertiary/aromatic N) is 1. The van der Waals surface area contributed by atoms with Gasteiger partial charge in [-0.15, -0.1) is 0 Å². The van der Waals surface area contributed by atoms with Crippen LogP contribution in [0.4, 0.5) is 13.2 Å². The number of hydrogen-bond donors (Lipinski definition) is 2. The monoisotopic (exact) mass is 242 g/mol. The summed E-state index contributed by atoms with van der Waals surface area (Å²) in [4.78, 5) is 1.16. The third-order valence-corrected chi connectivity index (χ3v) is 2.22. The molecular formula is C10H21F3N2O. The fourth-order valence-corrected chi connectivity index (χ4v) is 1.74. The summed E-state index contributed by atoms with van der Waals surface area (Å²) in [7, 11) is 0. The minimum absolute atomic E-state index is 0.0603. The third-order valence-electron chi connectivity index (χ3n) is 2.22. The number of nitrogens with two attached hydrogens (primary N) is 1. The Bertz CT molecular complexity index is 211. The molecule has 0 aliphatic rings. The predicted octanol–water partition coefficient (Wildman–Crippen LogP) is 1.36. The summed E-state index contributed by atoms with van der Waals surface area (Å²) >= 11 is 0. The van der Waals surface area contributed by atoms with E-state index in [1.165, 1.54) is 20.8 Å². The van der Waals surface area contributed by atoms with Crippen LogP contribution >= 0.6 is 0 Å². The standard InChI is InChI=1S/C10H21F3N2O/c1-5-15(6-9(3,4)16)8(7(2)14)10(11,12)13/h7-8,16H,5-6,14H2,1-4H3. The Labute approximate surface area is 94.4 Å². The van der Waals surface area contributed by atoms with Crippen LogP contribution in [-0.4, -0.2) is 47.0 Å². The van der Waals surface area contributed by atoms with Crippen LogP contribution in [0, 0.1) is 0 Å². The number of halogens is 3. The third kappa shape index (κ3) is 5.14. The summed E-state index contributed by atoms with van der Waals surface area (Å²) in [6.07, 6.45) is -4.38. The van der Waals surface area contributed by atoms with Crippen molar-refractivity contribution in [1.82, 2.24) is 4.90 Å². The van der Waals surface area contributed by atoms with E-state index in [0.717, 1.165) is 4.90 Å². The van der Waals surface area contributed by atoms with Crippen LogP contribution in [0.2, 0.25) is 0 Å². The van der Waals surface area contributed by atoms with Gasteiger partial charge in [-0.2, -0.15) is 13.2 Å². The predicted molar refractivity (Wildman–Crippen MR) is 57.0 cm³/mol. The molecule has 0 aliphatic heterocycles. The van der Waals surface area contributed by atoms with Gasteiger partial charge in [-0.05, 0) is 27.3 Å². The van der Waals surface area contributed by atoms with Crippen LogP contribution in [0.25, 0.3) is 0 Å². The molecule has 6 heteroatoms. The Balaban J connectivity index is 4.87. The average Bonchev–Trinajstić information content (AvgIpc) is 1.96. The van der Waals surface area contributed by atoms with Crippen molar-refractivity contribution < 1.29 is 18.3 Å². The molecule has 0 aliphatic carbocycles. The van der Waals surface area contributed by atoms with Crippen molar-refractivity contribution in [2.75, 3.05) is 13.1 Å². The van der Waals surface area contributed by atoms with E-state index in [1.807, 2.05) is 0 Å². The fourth-order valence-electron chi connectivity index (χ4n) is 1.74. The molecule has 16 heavy (non-hydrogen) atoms. The van der Waals surface area contributed by atoms with Gasteiger partial charge in [0, 0.05) is 12.6 Å². The van der Waals surface area contributed by atoms with E-state index in [2.05, 4.69) is 0 Å². The second-order valence-corrected chi connectivity index (χ2v) is 4.72. The Morgan fingerprint density at radius 3 is 1.94 bits per heavy atom. The maximum absolute atomic E-state index is 12.8. The molecule has 0 radical (unpaired) electrons. The van der Waals surface area contributed by atoms with E-state index in [4.69, 9.17) is 5.73 Å². The van der Waals surface area contributed by atoms with E-state index < -0.39 is 23.9 Å². The summed E-state index contributed by atoms with van der Waals surface area (Å²) in [5.41, 5.74) is 4.20. The van der Waals surface area contributed by atoms with Crippen molar-refractivity contribution in [3.05, 3.63) is 0 Å². The van der Waals surface area contributed by atoms with Gasteiger partial charge in [0.05, 0.1) is 5.60 Å². The highest BCUT2D eigenvalue weighted by atomic mass is 19.4. The molecule has 0 aromatic carbocycles. The van der Waals surface area contributed by atoms with Gasteiger partial charge in [-0.25, -0.2) is 0 Å². The summed E-state index contributed by atoms with van der Waals surface area (Å²) in [5.74, 6) is 0. The lowest BCUT2D eigenvalue weighted by Crippen LogP contribution is -2.57. The first-order valence-electron chi connectivity index (χ1n) is 5.27. The van der Waals surface area contributed by atoms with E-state index >= 15 is 0 Å². The molecule has 0 bridgehead atoms. The van der Waals surface area contributed by atoms with Gasteiger partial charge >= 0.3 is 6.18 Å². The highest BCUT2D eigenvalue weighted by molar-refractivity contribution is 4.88. The van der Waals surface area contributed by atoms with Crippen molar-refractivity contribution in [3.8, 4) is 0 Å². The highest BCUT2D eigenvalue weighted by Crippen LogP contribution is 2.27. The lowest BCUT2D eigenvalue weighted by Gasteiger charge is -2.37. The molecule has 2 atom stereocenters. The summed E-state index contributed by atoms with van der Waals surface area (Å²) in [6.45, 7) is 6.03. The Kier molecular flexibility index (Phi) is 5.22. The lowest BCUT2D eigenvalue weighted by molar-refractivity contribution is -0.193. The quantitative estimate of drug-likeness (QED) is 0.765. The Hall–Kier alpha value is -0.330. The number of rotatable bonds is 5. The molecule has 0 saturated carbocycles. The van der Waals surface area contributed by atoms with Crippen LogP contribution in [-0.2, 0) is 0 Å². The van der Waals surface area contributed by atoms with Gasteiger partial charge in [0.15, 0.2) is 0 Å². The van der Waals surface area contributed by atoms with Crippen molar-refractivity contribution in [3.63, 3.8) is 0 Å². The van der Waals surface area contributed by atoms with Gasteiger partial charge < -0.3 is 10.8 Å². The molecule has 0 amide bonds. The topological polar surface area (TPSA) is 49.5 Å².